The summed E-state index contributed by atoms with van der Waals surface area (Å²) in [5.41, 5.74) is 2.23. The summed E-state index contributed by atoms with van der Waals surface area (Å²) in [5, 5.41) is 10.7. The van der Waals surface area contributed by atoms with Gasteiger partial charge in [-0.25, -0.2) is 4.98 Å². The van der Waals surface area contributed by atoms with Crippen molar-refractivity contribution in [3.8, 4) is 0 Å². The van der Waals surface area contributed by atoms with Gasteiger partial charge in [0.1, 0.15) is 11.3 Å². The minimum Gasteiger partial charge on any atom is -0.364 e. The molecule has 2 aromatic heterocycles. The average molecular weight is 377 g/mol. The van der Waals surface area contributed by atoms with Crippen LogP contribution >= 0.6 is 11.3 Å². The summed E-state index contributed by atoms with van der Waals surface area (Å²) in [5.74, 6) is 0.943. The number of nitrogens with zero attached hydrogens (tertiary/aromatic N) is 5. The van der Waals surface area contributed by atoms with Crippen LogP contribution in [0, 0.1) is 0 Å². The number of thiazole rings is 1. The van der Waals surface area contributed by atoms with Gasteiger partial charge in [-0.2, -0.15) is 0 Å². The van der Waals surface area contributed by atoms with E-state index >= 15 is 0 Å². The lowest BCUT2D eigenvalue weighted by molar-refractivity contribution is 0.169. The third kappa shape index (κ3) is 4.82. The van der Waals surface area contributed by atoms with Gasteiger partial charge < -0.3 is 14.7 Å². The highest BCUT2D eigenvalue weighted by molar-refractivity contribution is 7.09. The fraction of sp³-hybridized carbons (Fsp3) is 0.611. The lowest BCUT2D eigenvalue weighted by atomic mass is 9.93. The lowest BCUT2D eigenvalue weighted by Crippen LogP contribution is -2.52. The maximum Gasteiger partial charge on any atom is 0.194 e. The van der Waals surface area contributed by atoms with Crippen molar-refractivity contribution in [3.05, 3.63) is 34.1 Å². The summed E-state index contributed by atoms with van der Waals surface area (Å²) in [7, 11) is 1.84. The van der Waals surface area contributed by atoms with Gasteiger partial charge in [-0.1, -0.05) is 25.9 Å². The predicted molar refractivity (Wildman–Crippen MR) is 104 cm³/mol. The molecule has 142 valence electrons. The molecule has 0 spiro atoms. The van der Waals surface area contributed by atoms with Gasteiger partial charge in [-0.3, -0.25) is 9.89 Å². The fourth-order valence-electron chi connectivity index (χ4n) is 2.89. The van der Waals surface area contributed by atoms with Gasteiger partial charge in [0, 0.05) is 56.6 Å². The molecule has 1 aliphatic heterocycles. The quantitative estimate of drug-likeness (QED) is 0.652. The largest absolute Gasteiger partial charge is 0.364 e. The molecular formula is C18H28N6OS. The molecule has 2 aromatic rings. The fourth-order valence-corrected chi connectivity index (χ4v) is 3.85. The highest BCUT2D eigenvalue weighted by Gasteiger charge is 2.21. The highest BCUT2D eigenvalue weighted by atomic mass is 32.1. The second-order valence-corrected chi connectivity index (χ2v) is 8.47. The summed E-state index contributed by atoms with van der Waals surface area (Å²) in [6.07, 6.45) is 1.63. The van der Waals surface area contributed by atoms with Crippen LogP contribution in [0.1, 0.15) is 37.2 Å². The summed E-state index contributed by atoms with van der Waals surface area (Å²) in [4.78, 5) is 13.9. The summed E-state index contributed by atoms with van der Waals surface area (Å²) in [6, 6.07) is 1.92. The second kappa shape index (κ2) is 8.18. The van der Waals surface area contributed by atoms with Gasteiger partial charge in [-0.05, 0) is 0 Å². The van der Waals surface area contributed by atoms with Crippen LogP contribution in [-0.2, 0) is 18.5 Å². The molecule has 0 aromatic carbocycles. The van der Waals surface area contributed by atoms with E-state index < -0.39 is 0 Å². The zero-order valence-electron chi connectivity index (χ0n) is 16.0. The molecule has 1 fully saturated rings. The SMILES string of the molecule is CN=C(NCc1nc(C(C)(C)C)cs1)N1CCN(Cc2ccon2)CC1. The Kier molecular flexibility index (Phi) is 5.93. The molecular weight excluding hydrogens is 348 g/mol. The van der Waals surface area contributed by atoms with Crippen molar-refractivity contribution in [2.45, 2.75) is 39.3 Å². The van der Waals surface area contributed by atoms with Crippen LogP contribution in [0.2, 0.25) is 0 Å². The molecule has 8 heteroatoms. The number of piperazine rings is 1. The van der Waals surface area contributed by atoms with Crippen molar-refractivity contribution in [2.24, 2.45) is 4.99 Å². The van der Waals surface area contributed by atoms with Gasteiger partial charge in [0.05, 0.1) is 17.9 Å². The molecule has 0 atom stereocenters. The first-order chi connectivity index (χ1) is 12.5. The molecule has 3 heterocycles. The zero-order chi connectivity index (χ0) is 18.6. The maximum atomic E-state index is 4.91. The number of guanidine groups is 1. The first kappa shape index (κ1) is 18.8. The molecule has 0 saturated carbocycles. The van der Waals surface area contributed by atoms with E-state index in [1.54, 1.807) is 17.6 Å². The monoisotopic (exact) mass is 376 g/mol. The Morgan fingerprint density at radius 1 is 1.31 bits per heavy atom. The number of aromatic nitrogens is 2. The molecule has 26 heavy (non-hydrogen) atoms. The maximum absolute atomic E-state index is 4.91. The highest BCUT2D eigenvalue weighted by Crippen LogP contribution is 2.23. The predicted octanol–water partition coefficient (Wildman–Crippen LogP) is 2.32. The number of hydrogen-bond donors (Lipinski definition) is 1. The van der Waals surface area contributed by atoms with E-state index in [1.807, 2.05) is 13.1 Å². The lowest BCUT2D eigenvalue weighted by Gasteiger charge is -2.36. The zero-order valence-corrected chi connectivity index (χ0v) is 16.8. The molecule has 0 radical (unpaired) electrons. The van der Waals surface area contributed by atoms with Crippen LogP contribution in [-0.4, -0.2) is 59.1 Å². The molecule has 7 nitrogen and oxygen atoms in total. The molecule has 1 N–H and O–H groups in total. The molecule has 0 aliphatic carbocycles. The van der Waals surface area contributed by atoms with Gasteiger partial charge in [0.15, 0.2) is 5.96 Å². The van der Waals surface area contributed by atoms with Crippen molar-refractivity contribution in [1.82, 2.24) is 25.3 Å². The molecule has 0 unspecified atom stereocenters. The Balaban J connectivity index is 1.48. The van der Waals surface area contributed by atoms with Crippen molar-refractivity contribution in [2.75, 3.05) is 33.2 Å². The Hall–Kier alpha value is -1.93. The van der Waals surface area contributed by atoms with E-state index in [4.69, 9.17) is 9.51 Å². The smallest absolute Gasteiger partial charge is 0.194 e. The van der Waals surface area contributed by atoms with Crippen LogP contribution in [0.3, 0.4) is 0 Å². The van der Waals surface area contributed by atoms with Gasteiger partial charge in [0.25, 0.3) is 0 Å². The van der Waals surface area contributed by atoms with Crippen LogP contribution in [0.5, 0.6) is 0 Å². The van der Waals surface area contributed by atoms with E-state index in [9.17, 15) is 0 Å². The summed E-state index contributed by atoms with van der Waals surface area (Å²) in [6.45, 7) is 12.0. The van der Waals surface area contributed by atoms with Crippen molar-refractivity contribution in [3.63, 3.8) is 0 Å². The van der Waals surface area contributed by atoms with E-state index in [2.05, 4.69) is 51.4 Å². The molecule has 3 rings (SSSR count). The van der Waals surface area contributed by atoms with E-state index in [0.29, 0.717) is 6.54 Å². The minimum atomic E-state index is 0.0938. The Morgan fingerprint density at radius 3 is 2.65 bits per heavy atom. The normalized spacial score (nSPS) is 16.9. The van der Waals surface area contributed by atoms with Gasteiger partial charge in [-0.15, -0.1) is 11.3 Å². The molecule has 0 bridgehead atoms. The number of rotatable bonds is 4. The number of nitrogens with one attached hydrogen (secondary N) is 1. The first-order valence-corrected chi connectivity index (χ1v) is 9.86. The van der Waals surface area contributed by atoms with Crippen molar-refractivity contribution in [1.29, 1.82) is 0 Å². The van der Waals surface area contributed by atoms with E-state index in [-0.39, 0.29) is 5.41 Å². The topological polar surface area (TPSA) is 69.8 Å². The summed E-state index contributed by atoms with van der Waals surface area (Å²) >= 11 is 1.71. The second-order valence-electron chi connectivity index (χ2n) is 7.53. The van der Waals surface area contributed by atoms with Crippen LogP contribution < -0.4 is 5.32 Å². The third-order valence-corrected chi connectivity index (χ3v) is 5.33. The van der Waals surface area contributed by atoms with Gasteiger partial charge >= 0.3 is 0 Å². The Morgan fingerprint density at radius 2 is 2.08 bits per heavy atom. The van der Waals surface area contributed by atoms with Gasteiger partial charge in [0.2, 0.25) is 0 Å². The van der Waals surface area contributed by atoms with Crippen LogP contribution in [0.4, 0.5) is 0 Å². The van der Waals surface area contributed by atoms with Crippen LogP contribution in [0.25, 0.3) is 0 Å². The average Bonchev–Trinajstić information content (AvgIpc) is 3.28. The summed E-state index contributed by atoms with van der Waals surface area (Å²) < 4.78 is 4.91. The standard InChI is InChI=1S/C18H28N6OS/c1-18(2,3)15-13-26-16(21-15)11-20-17(19-4)24-8-6-23(7-9-24)12-14-5-10-25-22-14/h5,10,13H,6-9,11-12H2,1-4H3,(H,19,20). The number of aliphatic imine (C=N–C) groups is 1. The minimum absolute atomic E-state index is 0.0938. The third-order valence-electron chi connectivity index (χ3n) is 4.48. The molecule has 1 saturated heterocycles. The van der Waals surface area contributed by atoms with Crippen LogP contribution in [0.15, 0.2) is 27.2 Å². The Bertz CT molecular complexity index is 710. The van der Waals surface area contributed by atoms with E-state index in [0.717, 1.165) is 55.1 Å². The Labute approximate surface area is 159 Å². The molecule has 0 amide bonds. The van der Waals surface area contributed by atoms with Crippen molar-refractivity contribution < 1.29 is 4.52 Å². The first-order valence-electron chi connectivity index (χ1n) is 8.98. The van der Waals surface area contributed by atoms with E-state index in [1.165, 1.54) is 0 Å². The molecule has 1 aliphatic rings. The van der Waals surface area contributed by atoms with Crippen molar-refractivity contribution >= 4 is 17.3 Å². The number of hydrogen-bond acceptors (Lipinski definition) is 6.